The van der Waals surface area contributed by atoms with Crippen molar-refractivity contribution in [3.8, 4) is 5.75 Å². The van der Waals surface area contributed by atoms with Crippen LogP contribution >= 0.6 is 0 Å². The van der Waals surface area contributed by atoms with Crippen molar-refractivity contribution in [2.45, 2.75) is 31.1 Å². The quantitative estimate of drug-likeness (QED) is 0.653. The molecule has 3 atom stereocenters. The molecule has 8 nitrogen and oxygen atoms in total. The molecule has 172 valence electrons. The number of amides is 1. The summed E-state index contributed by atoms with van der Waals surface area (Å²) in [5, 5.41) is 9.91. The summed E-state index contributed by atoms with van der Waals surface area (Å²) in [6.45, 7) is 2.03. The number of carbonyl (C=O) groups is 1. The maximum atomic E-state index is 13.4. The Kier molecular flexibility index (Phi) is 6.41. The van der Waals surface area contributed by atoms with Crippen molar-refractivity contribution in [3.63, 3.8) is 0 Å². The second-order valence-electron chi connectivity index (χ2n) is 8.59. The van der Waals surface area contributed by atoms with Crippen LogP contribution in [0, 0.1) is 0 Å². The third kappa shape index (κ3) is 5.23. The van der Waals surface area contributed by atoms with Gasteiger partial charge in [-0.05, 0) is 30.2 Å². The van der Waals surface area contributed by atoms with Gasteiger partial charge in [-0.2, -0.15) is 0 Å². The standard InChI is InChI=1S/C23H29N3O5S/c1-25(20(16-6-4-3-5-7-16)15-26-11-10-19(27)14-26)23(28)22-13-17-12-18(24-32(2,29)30)8-9-21(17)31-22/h3-9,12,19-20,22,24,27H,10-11,13-15H2,1-2H3/t19-,20+,22?/m0/s1. The van der Waals surface area contributed by atoms with Crippen LogP contribution in [-0.4, -0.2) is 74.4 Å². The first-order valence-electron chi connectivity index (χ1n) is 10.7. The molecule has 1 amide bonds. The summed E-state index contributed by atoms with van der Waals surface area (Å²) < 4.78 is 31.4. The molecule has 0 aliphatic carbocycles. The Morgan fingerprint density at radius 3 is 2.69 bits per heavy atom. The Bertz CT molecular complexity index is 1080. The first-order valence-corrected chi connectivity index (χ1v) is 12.6. The number of aliphatic hydroxyl groups excluding tert-OH is 1. The number of likely N-dealkylation sites (tertiary alicyclic amines) is 1. The van der Waals surface area contributed by atoms with Gasteiger partial charge in [-0.25, -0.2) is 8.42 Å². The third-order valence-corrected chi connectivity index (χ3v) is 6.60. The summed E-state index contributed by atoms with van der Waals surface area (Å²) in [6.07, 6.45) is 1.22. The molecule has 0 saturated carbocycles. The Morgan fingerprint density at radius 1 is 1.28 bits per heavy atom. The fraction of sp³-hybridized carbons (Fsp3) is 0.435. The Balaban J connectivity index is 1.50. The zero-order chi connectivity index (χ0) is 22.9. The molecule has 2 aromatic rings. The van der Waals surface area contributed by atoms with Crippen LogP contribution in [0.4, 0.5) is 5.69 Å². The predicted octanol–water partition coefficient (Wildman–Crippen LogP) is 1.63. The van der Waals surface area contributed by atoms with Crippen LogP contribution in [0.15, 0.2) is 48.5 Å². The minimum absolute atomic E-state index is 0.132. The third-order valence-electron chi connectivity index (χ3n) is 5.99. The molecule has 0 aromatic heterocycles. The average Bonchev–Trinajstić information content (AvgIpc) is 3.36. The van der Waals surface area contributed by atoms with E-state index in [1.54, 1.807) is 30.1 Å². The summed E-state index contributed by atoms with van der Waals surface area (Å²) in [5.41, 5.74) is 2.27. The van der Waals surface area contributed by atoms with Crippen molar-refractivity contribution < 1.29 is 23.1 Å². The normalized spacial score (nSPS) is 21.6. The minimum Gasteiger partial charge on any atom is -0.480 e. The molecule has 2 aromatic carbocycles. The van der Waals surface area contributed by atoms with Crippen LogP contribution in [0.2, 0.25) is 0 Å². The lowest BCUT2D eigenvalue weighted by Gasteiger charge is -2.33. The second-order valence-corrected chi connectivity index (χ2v) is 10.3. The van der Waals surface area contributed by atoms with Gasteiger partial charge in [-0.1, -0.05) is 30.3 Å². The van der Waals surface area contributed by atoms with Crippen molar-refractivity contribution in [2.75, 3.05) is 37.7 Å². The van der Waals surface area contributed by atoms with Crippen LogP contribution in [0.3, 0.4) is 0 Å². The van der Waals surface area contributed by atoms with E-state index in [2.05, 4.69) is 9.62 Å². The lowest BCUT2D eigenvalue weighted by molar-refractivity contribution is -0.139. The topological polar surface area (TPSA) is 99.2 Å². The van der Waals surface area contributed by atoms with E-state index in [0.717, 1.165) is 30.3 Å². The van der Waals surface area contributed by atoms with E-state index in [0.29, 0.717) is 30.9 Å². The molecule has 0 bridgehead atoms. The molecule has 1 fully saturated rings. The van der Waals surface area contributed by atoms with E-state index in [1.165, 1.54) is 0 Å². The zero-order valence-corrected chi connectivity index (χ0v) is 19.1. The van der Waals surface area contributed by atoms with Crippen molar-refractivity contribution >= 4 is 21.6 Å². The number of likely N-dealkylation sites (N-methyl/N-ethyl adjacent to an activating group) is 1. The summed E-state index contributed by atoms with van der Waals surface area (Å²) >= 11 is 0. The van der Waals surface area contributed by atoms with Gasteiger partial charge in [0.15, 0.2) is 6.10 Å². The van der Waals surface area contributed by atoms with Crippen LogP contribution in [-0.2, 0) is 21.2 Å². The van der Waals surface area contributed by atoms with Gasteiger partial charge in [0.2, 0.25) is 10.0 Å². The molecular formula is C23H29N3O5S. The highest BCUT2D eigenvalue weighted by Crippen LogP contribution is 2.33. The molecule has 1 unspecified atom stereocenters. The SMILES string of the molecule is CN(C(=O)C1Cc2cc(NS(C)(=O)=O)ccc2O1)[C@H](CN1CC[C@H](O)C1)c1ccccc1. The predicted molar refractivity (Wildman–Crippen MR) is 122 cm³/mol. The molecule has 4 rings (SSSR count). The van der Waals surface area contributed by atoms with E-state index in [9.17, 15) is 18.3 Å². The number of fused-ring (bicyclic) bond motifs is 1. The maximum Gasteiger partial charge on any atom is 0.264 e. The maximum absolute atomic E-state index is 13.4. The molecule has 2 heterocycles. The first-order chi connectivity index (χ1) is 15.2. The van der Waals surface area contributed by atoms with Gasteiger partial charge in [-0.3, -0.25) is 14.4 Å². The van der Waals surface area contributed by atoms with Gasteiger partial charge in [-0.15, -0.1) is 0 Å². The molecular weight excluding hydrogens is 430 g/mol. The van der Waals surface area contributed by atoms with E-state index in [-0.39, 0.29) is 18.1 Å². The van der Waals surface area contributed by atoms with E-state index in [4.69, 9.17) is 4.74 Å². The van der Waals surface area contributed by atoms with E-state index >= 15 is 0 Å². The second kappa shape index (κ2) is 9.09. The molecule has 2 aliphatic heterocycles. The number of nitrogens with one attached hydrogen (secondary N) is 1. The van der Waals surface area contributed by atoms with Crippen LogP contribution in [0.5, 0.6) is 5.75 Å². The number of carbonyl (C=O) groups excluding carboxylic acids is 1. The van der Waals surface area contributed by atoms with E-state index in [1.807, 2.05) is 30.3 Å². The largest absolute Gasteiger partial charge is 0.480 e. The summed E-state index contributed by atoms with van der Waals surface area (Å²) in [4.78, 5) is 17.3. The molecule has 0 radical (unpaired) electrons. The number of β-amino-alcohol motifs (C(OH)–C–C–N with tert-alkyl or cyclic N) is 1. The molecule has 9 heteroatoms. The van der Waals surface area contributed by atoms with Gasteiger partial charge in [0.25, 0.3) is 5.91 Å². The fourth-order valence-corrected chi connectivity index (χ4v) is 4.95. The number of hydrogen-bond acceptors (Lipinski definition) is 6. The van der Waals surface area contributed by atoms with Crippen LogP contribution in [0.25, 0.3) is 0 Å². The molecule has 2 aliphatic rings. The minimum atomic E-state index is -3.38. The molecule has 2 N–H and O–H groups in total. The Labute approximate surface area is 188 Å². The monoisotopic (exact) mass is 459 g/mol. The molecule has 32 heavy (non-hydrogen) atoms. The van der Waals surface area contributed by atoms with Crippen LogP contribution < -0.4 is 9.46 Å². The molecule has 1 saturated heterocycles. The highest BCUT2D eigenvalue weighted by Gasteiger charge is 2.35. The van der Waals surface area contributed by atoms with Crippen molar-refractivity contribution in [3.05, 3.63) is 59.7 Å². The average molecular weight is 460 g/mol. The Morgan fingerprint density at radius 2 is 2.03 bits per heavy atom. The number of benzene rings is 2. The smallest absolute Gasteiger partial charge is 0.264 e. The van der Waals surface area contributed by atoms with Crippen molar-refractivity contribution in [2.24, 2.45) is 0 Å². The summed E-state index contributed by atoms with van der Waals surface area (Å²) in [7, 11) is -1.60. The van der Waals surface area contributed by atoms with Crippen molar-refractivity contribution in [1.29, 1.82) is 0 Å². The number of sulfonamides is 1. The number of rotatable bonds is 7. The fourth-order valence-electron chi connectivity index (χ4n) is 4.39. The van der Waals surface area contributed by atoms with Crippen molar-refractivity contribution in [1.82, 2.24) is 9.80 Å². The summed E-state index contributed by atoms with van der Waals surface area (Å²) in [5.74, 6) is 0.460. The first kappa shape index (κ1) is 22.6. The van der Waals surface area contributed by atoms with E-state index < -0.39 is 16.1 Å². The van der Waals surface area contributed by atoms with Gasteiger partial charge in [0, 0.05) is 44.4 Å². The Hall–Kier alpha value is -2.62. The van der Waals surface area contributed by atoms with Gasteiger partial charge >= 0.3 is 0 Å². The van der Waals surface area contributed by atoms with Gasteiger partial charge < -0.3 is 14.7 Å². The lowest BCUT2D eigenvalue weighted by atomic mass is 10.0. The van der Waals surface area contributed by atoms with Gasteiger partial charge in [0.1, 0.15) is 5.75 Å². The van der Waals surface area contributed by atoms with Crippen LogP contribution in [0.1, 0.15) is 23.6 Å². The molecule has 0 spiro atoms. The number of hydrogen-bond donors (Lipinski definition) is 2. The number of nitrogens with zero attached hydrogens (tertiary/aromatic N) is 2. The highest BCUT2D eigenvalue weighted by atomic mass is 32.2. The summed E-state index contributed by atoms with van der Waals surface area (Å²) in [6, 6.07) is 14.7. The number of anilines is 1. The number of ether oxygens (including phenoxy) is 1. The highest BCUT2D eigenvalue weighted by molar-refractivity contribution is 7.92. The number of aliphatic hydroxyl groups is 1. The van der Waals surface area contributed by atoms with Gasteiger partial charge in [0.05, 0.1) is 18.4 Å². The zero-order valence-electron chi connectivity index (χ0n) is 18.3. The lowest BCUT2D eigenvalue weighted by Crippen LogP contribution is -2.44.